The number of sulfonamides is 1. The summed E-state index contributed by atoms with van der Waals surface area (Å²) in [4.78, 5) is 27.2. The van der Waals surface area contributed by atoms with E-state index in [-0.39, 0.29) is 16.1 Å². The second-order valence-corrected chi connectivity index (χ2v) is 10.5. The minimum atomic E-state index is -5.08. The Hall–Kier alpha value is -3.35. The first kappa shape index (κ1) is 29.9. The number of alkyl halides is 3. The molecule has 13 heteroatoms. The van der Waals surface area contributed by atoms with Crippen molar-refractivity contribution in [3.05, 3.63) is 47.7 Å². The minimum Gasteiger partial charge on any atom is -0.478 e. The van der Waals surface area contributed by atoms with Gasteiger partial charge in [0.1, 0.15) is 11.4 Å². The van der Waals surface area contributed by atoms with Crippen molar-refractivity contribution < 1.29 is 41.4 Å². The molecule has 1 fully saturated rings. The standard InChI is InChI=1S/C22H29N3O4S.C2HF3O2/c1-16(2)17-8-10-19(11-9-17)30(28,29)24-18-14-20(22(26)27)21(23-15-18)25-12-6-4-3-5-7-13-25;3-2(4,5)1(6)7/h8-11,14-16,24H,3-7,12-13H2,1-2H3,(H,26,27);(H,6,7). The van der Waals surface area contributed by atoms with E-state index in [4.69, 9.17) is 9.90 Å². The normalized spacial score (nSPS) is 14.7. The first-order chi connectivity index (χ1) is 17.2. The number of rotatable bonds is 6. The number of hydrogen-bond donors (Lipinski definition) is 3. The fourth-order valence-electron chi connectivity index (χ4n) is 3.63. The van der Waals surface area contributed by atoms with E-state index >= 15 is 0 Å². The number of aliphatic carboxylic acids is 1. The van der Waals surface area contributed by atoms with E-state index in [1.807, 2.05) is 18.7 Å². The molecular weight excluding hydrogens is 515 g/mol. The second-order valence-electron chi connectivity index (χ2n) is 8.79. The van der Waals surface area contributed by atoms with E-state index in [1.165, 1.54) is 18.7 Å². The van der Waals surface area contributed by atoms with Crippen LogP contribution in [-0.4, -0.2) is 54.8 Å². The molecule has 9 nitrogen and oxygen atoms in total. The molecule has 1 aliphatic heterocycles. The number of carbonyl (C=O) groups is 2. The van der Waals surface area contributed by atoms with Crippen molar-refractivity contribution in [3.63, 3.8) is 0 Å². The third-order valence-electron chi connectivity index (χ3n) is 5.60. The zero-order valence-corrected chi connectivity index (χ0v) is 21.3. The van der Waals surface area contributed by atoms with E-state index < -0.39 is 28.1 Å². The van der Waals surface area contributed by atoms with E-state index in [2.05, 4.69) is 9.71 Å². The number of aromatic carboxylic acids is 1. The predicted octanol–water partition coefficient (Wildman–Crippen LogP) is 5.11. The molecule has 2 heterocycles. The Kier molecular flexibility index (Phi) is 10.3. The van der Waals surface area contributed by atoms with Gasteiger partial charge in [0, 0.05) is 13.1 Å². The molecule has 1 aliphatic rings. The summed E-state index contributed by atoms with van der Waals surface area (Å²) in [7, 11) is -3.84. The van der Waals surface area contributed by atoms with Gasteiger partial charge in [-0.3, -0.25) is 4.72 Å². The number of benzene rings is 1. The van der Waals surface area contributed by atoms with Crippen LogP contribution in [0.3, 0.4) is 0 Å². The third kappa shape index (κ3) is 8.92. The average molecular weight is 546 g/mol. The molecule has 0 unspecified atom stereocenters. The molecule has 204 valence electrons. The number of hydrogen-bond acceptors (Lipinski definition) is 6. The molecule has 0 spiro atoms. The molecule has 3 rings (SSSR count). The van der Waals surface area contributed by atoms with Gasteiger partial charge in [0.2, 0.25) is 0 Å². The summed E-state index contributed by atoms with van der Waals surface area (Å²) in [5.74, 6) is -3.18. The maximum Gasteiger partial charge on any atom is 0.490 e. The van der Waals surface area contributed by atoms with Gasteiger partial charge in [-0.05, 0) is 42.5 Å². The molecule has 37 heavy (non-hydrogen) atoms. The Morgan fingerprint density at radius 2 is 1.51 bits per heavy atom. The third-order valence-corrected chi connectivity index (χ3v) is 7.00. The molecule has 2 aromatic rings. The highest BCUT2D eigenvalue weighted by atomic mass is 32.2. The maximum absolute atomic E-state index is 12.7. The van der Waals surface area contributed by atoms with Crippen LogP contribution in [0.25, 0.3) is 0 Å². The lowest BCUT2D eigenvalue weighted by molar-refractivity contribution is -0.192. The quantitative estimate of drug-likeness (QED) is 0.456. The Morgan fingerprint density at radius 3 is 1.97 bits per heavy atom. The zero-order valence-electron chi connectivity index (χ0n) is 20.5. The van der Waals surface area contributed by atoms with Crippen LogP contribution in [0.1, 0.15) is 67.8 Å². The molecule has 1 aromatic heterocycles. The fourth-order valence-corrected chi connectivity index (χ4v) is 4.66. The van der Waals surface area contributed by atoms with Gasteiger partial charge in [0.15, 0.2) is 0 Å². The monoisotopic (exact) mass is 545 g/mol. The van der Waals surface area contributed by atoms with E-state index in [9.17, 15) is 31.5 Å². The largest absolute Gasteiger partial charge is 0.490 e. The van der Waals surface area contributed by atoms with E-state index in [0.717, 1.165) is 44.3 Å². The van der Waals surface area contributed by atoms with Crippen molar-refractivity contribution >= 4 is 33.5 Å². The molecule has 0 atom stereocenters. The highest BCUT2D eigenvalue weighted by molar-refractivity contribution is 7.92. The van der Waals surface area contributed by atoms with Gasteiger partial charge in [-0.2, -0.15) is 13.2 Å². The summed E-state index contributed by atoms with van der Waals surface area (Å²) in [6, 6.07) is 8.02. The predicted molar refractivity (Wildman–Crippen MR) is 132 cm³/mol. The molecule has 0 bridgehead atoms. The highest BCUT2D eigenvalue weighted by Crippen LogP contribution is 2.26. The van der Waals surface area contributed by atoms with Crippen LogP contribution in [0.5, 0.6) is 0 Å². The number of aromatic nitrogens is 1. The van der Waals surface area contributed by atoms with Gasteiger partial charge in [-0.25, -0.2) is 23.0 Å². The second kappa shape index (κ2) is 12.7. The van der Waals surface area contributed by atoms with Gasteiger partial charge in [0.25, 0.3) is 10.0 Å². The summed E-state index contributed by atoms with van der Waals surface area (Å²) >= 11 is 0. The summed E-state index contributed by atoms with van der Waals surface area (Å²) in [5.41, 5.74) is 1.18. The highest BCUT2D eigenvalue weighted by Gasteiger charge is 2.38. The van der Waals surface area contributed by atoms with Crippen LogP contribution in [0, 0.1) is 0 Å². The fraction of sp³-hybridized carbons (Fsp3) is 0.458. The van der Waals surface area contributed by atoms with Crippen molar-refractivity contribution in [2.75, 3.05) is 22.7 Å². The van der Waals surface area contributed by atoms with Crippen molar-refractivity contribution in [1.29, 1.82) is 0 Å². The van der Waals surface area contributed by atoms with Crippen molar-refractivity contribution in [2.24, 2.45) is 0 Å². The topological polar surface area (TPSA) is 137 Å². The van der Waals surface area contributed by atoms with E-state index in [1.54, 1.807) is 24.3 Å². The van der Waals surface area contributed by atoms with Gasteiger partial charge in [-0.1, -0.05) is 45.2 Å². The molecule has 0 radical (unpaired) electrons. The van der Waals surface area contributed by atoms with Gasteiger partial charge in [-0.15, -0.1) is 0 Å². The van der Waals surface area contributed by atoms with Crippen LogP contribution < -0.4 is 9.62 Å². The van der Waals surface area contributed by atoms with Crippen molar-refractivity contribution in [2.45, 2.75) is 62.9 Å². The lowest BCUT2D eigenvalue weighted by atomic mass is 10.0. The molecule has 0 amide bonds. The maximum atomic E-state index is 12.7. The van der Waals surface area contributed by atoms with Gasteiger partial charge in [0.05, 0.1) is 16.8 Å². The van der Waals surface area contributed by atoms with Crippen LogP contribution in [0.2, 0.25) is 0 Å². The smallest absolute Gasteiger partial charge is 0.478 e. The lowest BCUT2D eigenvalue weighted by Gasteiger charge is -2.27. The summed E-state index contributed by atoms with van der Waals surface area (Å²) in [6.45, 7) is 5.57. The number of anilines is 2. The van der Waals surface area contributed by atoms with Crippen molar-refractivity contribution in [1.82, 2.24) is 4.98 Å². The van der Waals surface area contributed by atoms with Crippen LogP contribution in [-0.2, 0) is 14.8 Å². The molecule has 0 aliphatic carbocycles. The van der Waals surface area contributed by atoms with Crippen molar-refractivity contribution in [3.8, 4) is 0 Å². The Bertz CT molecular complexity index is 1180. The first-order valence-corrected chi connectivity index (χ1v) is 13.1. The lowest BCUT2D eigenvalue weighted by Crippen LogP contribution is -2.29. The van der Waals surface area contributed by atoms with Gasteiger partial charge < -0.3 is 15.1 Å². The number of nitrogens with zero attached hydrogens (tertiary/aromatic N) is 2. The molecule has 1 aromatic carbocycles. The molecular formula is C24H30F3N3O6S. The Morgan fingerprint density at radius 1 is 1.00 bits per heavy atom. The van der Waals surface area contributed by atoms with E-state index in [0.29, 0.717) is 11.7 Å². The van der Waals surface area contributed by atoms with Gasteiger partial charge >= 0.3 is 18.1 Å². The number of nitrogens with one attached hydrogen (secondary N) is 1. The molecule has 3 N–H and O–H groups in total. The Balaban J connectivity index is 0.000000604. The first-order valence-electron chi connectivity index (χ1n) is 11.6. The number of carboxylic acid groups (broad SMARTS) is 2. The summed E-state index contributed by atoms with van der Waals surface area (Å²) in [5, 5.41) is 16.8. The SMILES string of the molecule is CC(C)c1ccc(S(=O)(=O)Nc2cnc(N3CCCCCCC3)c(C(=O)O)c2)cc1.O=C(O)C(F)(F)F. The number of pyridine rings is 1. The number of carboxylic acids is 2. The number of halogens is 3. The molecule has 1 saturated heterocycles. The summed E-state index contributed by atoms with van der Waals surface area (Å²) < 4.78 is 59.7. The molecule has 0 saturated carbocycles. The average Bonchev–Trinajstić information content (AvgIpc) is 2.79. The minimum absolute atomic E-state index is 0.00549. The summed E-state index contributed by atoms with van der Waals surface area (Å²) in [6.07, 6.45) is 1.72. The zero-order chi connectivity index (χ0) is 27.8. The Labute approximate surface area is 213 Å². The van der Waals surface area contributed by atoms with Crippen LogP contribution >= 0.6 is 0 Å². The van der Waals surface area contributed by atoms with Crippen LogP contribution in [0.15, 0.2) is 41.4 Å². The van der Waals surface area contributed by atoms with Crippen LogP contribution in [0.4, 0.5) is 24.7 Å².